The number of ether oxygens (including phenoxy) is 1. The van der Waals surface area contributed by atoms with Gasteiger partial charge in [-0.3, -0.25) is 34.2 Å². The summed E-state index contributed by atoms with van der Waals surface area (Å²) < 4.78 is 12.4. The van der Waals surface area contributed by atoms with Crippen LogP contribution in [-0.4, -0.2) is 107 Å². The van der Waals surface area contributed by atoms with Crippen LogP contribution >= 0.6 is 23.1 Å². The van der Waals surface area contributed by atoms with Gasteiger partial charge in [0.05, 0.1) is 42.1 Å². The smallest absolute Gasteiger partial charge is 0.315 e. The number of carbonyl (C=O) groups is 6. The molecule has 7 amide bonds. The van der Waals surface area contributed by atoms with Gasteiger partial charge in [0, 0.05) is 49.5 Å². The minimum atomic E-state index is -0.718. The van der Waals surface area contributed by atoms with Gasteiger partial charge >= 0.3 is 6.03 Å². The number of rotatable bonds is 16. The van der Waals surface area contributed by atoms with Crippen LogP contribution in [0, 0.1) is 5.92 Å². The Morgan fingerprint density at radius 3 is 2.55 bits per heavy atom. The lowest BCUT2D eigenvalue weighted by Crippen LogP contribution is -2.47. The summed E-state index contributed by atoms with van der Waals surface area (Å²) in [6, 6.07) is 4.16. The van der Waals surface area contributed by atoms with E-state index in [2.05, 4.69) is 57.3 Å². The summed E-state index contributed by atoms with van der Waals surface area (Å²) in [5.74, 6) is 0.675. The van der Waals surface area contributed by atoms with Crippen LogP contribution in [0.15, 0.2) is 39.2 Å². The van der Waals surface area contributed by atoms with Crippen LogP contribution < -0.4 is 26.6 Å². The number of thiazole rings is 1. The van der Waals surface area contributed by atoms with E-state index in [0.717, 1.165) is 21.1 Å². The molecule has 0 saturated carbocycles. The highest BCUT2D eigenvalue weighted by atomic mass is 32.2. The number of imide groups is 1. The molecule has 3 aliphatic heterocycles. The number of aromatic nitrogens is 2. The Labute approximate surface area is 345 Å². The van der Waals surface area contributed by atoms with Gasteiger partial charge < -0.3 is 35.3 Å². The first-order chi connectivity index (χ1) is 27.8. The number of likely N-dealkylation sites (tertiary alicyclic amines) is 1. The van der Waals surface area contributed by atoms with Crippen LogP contribution in [0.25, 0.3) is 0 Å². The monoisotopic (exact) mass is 837 g/mol. The van der Waals surface area contributed by atoms with Crippen molar-refractivity contribution in [1.29, 1.82) is 0 Å². The molecule has 0 bridgehead atoms. The third-order valence-corrected chi connectivity index (χ3v) is 12.2. The number of piperidine rings is 1. The van der Waals surface area contributed by atoms with Gasteiger partial charge in [-0.2, -0.15) is 0 Å². The fraction of sp³-hybridized carbons (Fsp3) is 0.538. The molecule has 2 fully saturated rings. The lowest BCUT2D eigenvalue weighted by molar-refractivity contribution is -0.132. The fourth-order valence-electron chi connectivity index (χ4n) is 6.90. The van der Waals surface area contributed by atoms with Gasteiger partial charge in [0.1, 0.15) is 11.8 Å². The lowest BCUT2D eigenvalue weighted by Gasteiger charge is -2.30. The van der Waals surface area contributed by atoms with Crippen LogP contribution in [0.4, 0.5) is 9.93 Å². The van der Waals surface area contributed by atoms with Crippen molar-refractivity contribution in [2.75, 3.05) is 51.3 Å². The summed E-state index contributed by atoms with van der Waals surface area (Å²) in [7, 11) is 0. The molecule has 0 spiro atoms. The second-order valence-electron chi connectivity index (χ2n) is 15.4. The zero-order valence-corrected chi connectivity index (χ0v) is 34.7. The maximum absolute atomic E-state index is 13.1. The molecule has 1 atom stereocenters. The van der Waals surface area contributed by atoms with E-state index in [1.165, 1.54) is 16.2 Å². The molecule has 5 heterocycles. The van der Waals surface area contributed by atoms with Crippen LogP contribution in [0.1, 0.15) is 86.0 Å². The van der Waals surface area contributed by atoms with E-state index >= 15 is 0 Å². The molecule has 312 valence electrons. The number of urea groups is 1. The quantitative estimate of drug-likeness (QED) is 0.0799. The van der Waals surface area contributed by atoms with Gasteiger partial charge in [0.25, 0.3) is 5.91 Å². The van der Waals surface area contributed by atoms with E-state index in [1.807, 2.05) is 11.0 Å². The third-order valence-electron chi connectivity index (χ3n) is 10.1. The number of nitrogens with zero attached hydrogens (tertiary/aromatic N) is 4. The summed E-state index contributed by atoms with van der Waals surface area (Å²) in [4.78, 5) is 87.7. The molecular formula is C39H51N9O8S2. The third kappa shape index (κ3) is 11.6. The molecule has 58 heavy (non-hydrogen) atoms. The Morgan fingerprint density at radius 1 is 1.02 bits per heavy atom. The van der Waals surface area contributed by atoms with Crippen molar-refractivity contribution in [1.82, 2.24) is 41.0 Å². The van der Waals surface area contributed by atoms with Crippen LogP contribution in [0.3, 0.4) is 0 Å². The standard InChI is InChI=1S/C39H51N9O8S2/c1-39(2,3)29-19-42-32(56-29)23-57-33-20-44-38(58-33)46-34(51)24-10-14-47(15-11-24)22-31(50)40-12-16-55-17-13-41-37(54)43-18-25-6-4-7-26-27(25)21-48(36(26)53)28-8-5-9-30(49)45-35(28)52/h4,6-7,19-20,24,28H,5,8-18,21-23H2,1-3H3,(H,40,50)(H2,41,43,54)(H,44,46,51)(H,45,49,52). The molecule has 17 nitrogen and oxygen atoms in total. The number of nitrogens with one attached hydrogen (secondary N) is 5. The van der Waals surface area contributed by atoms with Crippen molar-refractivity contribution in [3.63, 3.8) is 0 Å². The SMILES string of the molecule is CC(C)(C)c1cnc(CSc2cnc(NC(=O)C3CCN(CC(=O)NCCOCCNC(=O)NCc4cccc5c4CN(C4CCCC(=O)NC4=O)C5=O)CC3)s2)o1. The molecule has 19 heteroatoms. The molecule has 6 rings (SSSR count). The first-order valence-corrected chi connectivity index (χ1v) is 21.3. The molecule has 1 unspecified atom stereocenters. The van der Waals surface area contributed by atoms with Crippen molar-refractivity contribution >= 4 is 63.8 Å². The molecule has 1 aromatic carbocycles. The van der Waals surface area contributed by atoms with Crippen LogP contribution in [0.5, 0.6) is 0 Å². The number of hydrogen-bond acceptors (Lipinski definition) is 13. The van der Waals surface area contributed by atoms with Gasteiger partial charge in [-0.05, 0) is 56.0 Å². The predicted octanol–water partition coefficient (Wildman–Crippen LogP) is 3.15. The van der Waals surface area contributed by atoms with Gasteiger partial charge in [0.15, 0.2) is 5.13 Å². The average Bonchev–Trinajstić information content (AvgIpc) is 3.91. The number of fused-ring (bicyclic) bond motifs is 1. The molecule has 0 aliphatic carbocycles. The maximum Gasteiger partial charge on any atom is 0.315 e. The first kappa shape index (κ1) is 42.7. The summed E-state index contributed by atoms with van der Waals surface area (Å²) >= 11 is 2.98. The number of carbonyl (C=O) groups excluding carboxylic acids is 6. The number of hydrogen-bond donors (Lipinski definition) is 5. The number of thioether (sulfide) groups is 1. The molecule has 2 aromatic heterocycles. The van der Waals surface area contributed by atoms with Gasteiger partial charge in [0.2, 0.25) is 29.5 Å². The Kier molecular flexibility index (Phi) is 14.5. The maximum atomic E-state index is 13.1. The van der Waals surface area contributed by atoms with E-state index < -0.39 is 18.0 Å². The topological polar surface area (TPSA) is 217 Å². The molecule has 0 radical (unpaired) electrons. The Morgan fingerprint density at radius 2 is 1.79 bits per heavy atom. The highest BCUT2D eigenvalue weighted by Gasteiger charge is 2.38. The van der Waals surface area contributed by atoms with E-state index in [4.69, 9.17) is 9.15 Å². The number of amides is 7. The van der Waals surface area contributed by atoms with E-state index in [-0.39, 0.29) is 80.8 Å². The Hall–Kier alpha value is -4.85. The highest BCUT2D eigenvalue weighted by Crippen LogP contribution is 2.33. The van der Waals surface area contributed by atoms with Crippen molar-refractivity contribution in [2.24, 2.45) is 5.92 Å². The summed E-state index contributed by atoms with van der Waals surface area (Å²) in [6.07, 6.45) is 5.98. The minimum Gasteiger partial charge on any atom is -0.444 e. The van der Waals surface area contributed by atoms with E-state index in [9.17, 15) is 28.8 Å². The summed E-state index contributed by atoms with van der Waals surface area (Å²) in [5, 5.41) is 14.3. The molecular weight excluding hydrogens is 787 g/mol. The van der Waals surface area contributed by atoms with Gasteiger partial charge in [-0.25, -0.2) is 14.8 Å². The Bertz CT molecular complexity index is 1970. The molecule has 2 saturated heterocycles. The second-order valence-corrected chi connectivity index (χ2v) is 17.8. The Balaban J connectivity index is 0.795. The van der Waals surface area contributed by atoms with Crippen molar-refractivity contribution in [3.8, 4) is 0 Å². The normalized spacial score (nSPS) is 17.7. The molecule has 5 N–H and O–H groups in total. The van der Waals surface area contributed by atoms with Crippen molar-refractivity contribution in [3.05, 3.63) is 58.9 Å². The zero-order valence-electron chi connectivity index (χ0n) is 33.0. The zero-order chi connectivity index (χ0) is 41.2. The largest absolute Gasteiger partial charge is 0.444 e. The number of oxazole rings is 1. The van der Waals surface area contributed by atoms with Gasteiger partial charge in [-0.1, -0.05) is 44.2 Å². The van der Waals surface area contributed by atoms with Gasteiger partial charge in [-0.15, -0.1) is 11.8 Å². The van der Waals surface area contributed by atoms with Crippen LogP contribution in [0.2, 0.25) is 0 Å². The fourth-order valence-corrected chi connectivity index (χ4v) is 8.63. The summed E-state index contributed by atoms with van der Waals surface area (Å²) in [5.41, 5.74) is 1.90. The number of benzene rings is 1. The molecule has 3 aliphatic rings. The summed E-state index contributed by atoms with van der Waals surface area (Å²) in [6.45, 7) is 9.24. The van der Waals surface area contributed by atoms with Crippen molar-refractivity contribution in [2.45, 2.75) is 87.4 Å². The van der Waals surface area contributed by atoms with Crippen LogP contribution in [-0.2, 0) is 48.2 Å². The second kappa shape index (κ2) is 19.7. The van der Waals surface area contributed by atoms with E-state index in [1.54, 1.807) is 36.3 Å². The lowest BCUT2D eigenvalue weighted by atomic mass is 9.94. The van der Waals surface area contributed by atoms with Crippen molar-refractivity contribution < 1.29 is 37.9 Å². The van der Waals surface area contributed by atoms with E-state index in [0.29, 0.717) is 67.7 Å². The first-order valence-electron chi connectivity index (χ1n) is 19.5. The highest BCUT2D eigenvalue weighted by molar-refractivity contribution is 8.00. The minimum absolute atomic E-state index is 0.0610. The molecule has 3 aromatic rings. The number of anilines is 1. The predicted molar refractivity (Wildman–Crippen MR) is 216 cm³/mol. The average molecular weight is 838 g/mol.